The average Bonchev–Trinajstić information content (AvgIpc) is 3.44. The first-order valence-electron chi connectivity index (χ1n) is 16.1. The lowest BCUT2D eigenvalue weighted by atomic mass is 9.98. The first kappa shape index (κ1) is 32.6. The normalized spacial score (nSPS) is 20.7. The first-order valence-corrected chi connectivity index (χ1v) is 16.1. The molecule has 12 nitrogen and oxygen atoms in total. The number of benzene rings is 3. The molecule has 3 atom stereocenters. The van der Waals surface area contributed by atoms with Gasteiger partial charge in [0.15, 0.2) is 6.29 Å². The SMILES string of the molecule is O=C(CCCC(=O)Nc1ccc([C@@H]2O[C@H](CN3CCC(n4c(=O)[nH]c5ccccc54)CC3)C[C@H](c3ccc(CO)cc3)O2)cc1)NO. The minimum absolute atomic E-state index is 0.0261. The second-order valence-corrected chi connectivity index (χ2v) is 12.3. The molecule has 0 saturated carbocycles. The fourth-order valence-electron chi connectivity index (χ4n) is 6.53. The summed E-state index contributed by atoms with van der Waals surface area (Å²) in [6.45, 7) is 2.39. The molecule has 0 bridgehead atoms. The van der Waals surface area contributed by atoms with E-state index in [0.29, 0.717) is 18.5 Å². The summed E-state index contributed by atoms with van der Waals surface area (Å²) in [4.78, 5) is 41.6. The van der Waals surface area contributed by atoms with Gasteiger partial charge in [0.25, 0.3) is 0 Å². The van der Waals surface area contributed by atoms with Crippen molar-refractivity contribution < 1.29 is 29.4 Å². The van der Waals surface area contributed by atoms with Crippen molar-refractivity contribution in [3.05, 3.63) is 100.0 Å². The number of aliphatic hydroxyl groups is 1. The maximum absolute atomic E-state index is 12.8. The van der Waals surface area contributed by atoms with Gasteiger partial charge in [0.2, 0.25) is 11.8 Å². The number of nitrogens with zero attached hydrogens (tertiary/aromatic N) is 2. The number of piperidine rings is 1. The number of aromatic amines is 1. The second kappa shape index (κ2) is 15.1. The molecule has 3 heterocycles. The molecular weight excluding hydrogens is 602 g/mol. The van der Waals surface area contributed by atoms with E-state index in [1.54, 1.807) is 17.6 Å². The lowest BCUT2D eigenvalue weighted by Crippen LogP contribution is -2.43. The van der Waals surface area contributed by atoms with Crippen molar-refractivity contribution in [2.45, 2.75) is 69.7 Å². The third-order valence-electron chi connectivity index (χ3n) is 9.02. The maximum atomic E-state index is 12.8. The van der Waals surface area contributed by atoms with Crippen LogP contribution in [0.1, 0.15) is 73.7 Å². The van der Waals surface area contributed by atoms with Crippen LogP contribution in [-0.4, -0.2) is 62.3 Å². The molecule has 3 aromatic carbocycles. The third-order valence-corrected chi connectivity index (χ3v) is 9.02. The monoisotopic (exact) mass is 643 g/mol. The number of rotatable bonds is 11. The van der Waals surface area contributed by atoms with E-state index in [0.717, 1.165) is 60.2 Å². The highest BCUT2D eigenvalue weighted by molar-refractivity contribution is 5.91. The summed E-state index contributed by atoms with van der Waals surface area (Å²) < 4.78 is 14.9. The number of H-pyrrole nitrogens is 1. The number of fused-ring (bicyclic) bond motifs is 1. The van der Waals surface area contributed by atoms with Crippen LogP contribution in [0.5, 0.6) is 0 Å². The number of hydroxylamine groups is 1. The number of nitrogens with one attached hydrogen (secondary N) is 3. The molecule has 6 rings (SSSR count). The molecule has 0 unspecified atom stereocenters. The molecule has 2 amide bonds. The molecule has 248 valence electrons. The number of aromatic nitrogens is 2. The van der Waals surface area contributed by atoms with E-state index < -0.39 is 12.2 Å². The highest BCUT2D eigenvalue weighted by Gasteiger charge is 2.34. The van der Waals surface area contributed by atoms with Crippen LogP contribution in [0.15, 0.2) is 77.6 Å². The number of carbonyl (C=O) groups excluding carboxylic acids is 2. The number of likely N-dealkylation sites (tertiary alicyclic amines) is 1. The van der Waals surface area contributed by atoms with Crippen molar-refractivity contribution in [2.24, 2.45) is 0 Å². The predicted molar refractivity (Wildman–Crippen MR) is 175 cm³/mol. The van der Waals surface area contributed by atoms with Crippen molar-refractivity contribution in [1.29, 1.82) is 0 Å². The summed E-state index contributed by atoms with van der Waals surface area (Å²) in [7, 11) is 0. The zero-order chi connectivity index (χ0) is 32.8. The molecule has 2 aliphatic rings. The lowest BCUT2D eigenvalue weighted by molar-refractivity contribution is -0.253. The largest absolute Gasteiger partial charge is 0.392 e. The van der Waals surface area contributed by atoms with Crippen LogP contribution in [0, 0.1) is 0 Å². The van der Waals surface area contributed by atoms with Crippen molar-refractivity contribution in [1.82, 2.24) is 19.9 Å². The number of hydrogen-bond acceptors (Lipinski definition) is 8. The van der Waals surface area contributed by atoms with Crippen LogP contribution in [0.3, 0.4) is 0 Å². The summed E-state index contributed by atoms with van der Waals surface area (Å²) in [5, 5.41) is 21.0. The van der Waals surface area contributed by atoms with Gasteiger partial charge >= 0.3 is 5.69 Å². The van der Waals surface area contributed by atoms with Gasteiger partial charge in [-0.05, 0) is 54.7 Å². The Labute approximate surface area is 272 Å². The third kappa shape index (κ3) is 7.98. The van der Waals surface area contributed by atoms with Crippen molar-refractivity contribution >= 4 is 28.5 Å². The number of ether oxygens (including phenoxy) is 2. The zero-order valence-electron chi connectivity index (χ0n) is 26.1. The van der Waals surface area contributed by atoms with E-state index in [1.807, 2.05) is 65.2 Å². The van der Waals surface area contributed by atoms with Gasteiger partial charge in [-0.2, -0.15) is 0 Å². The van der Waals surface area contributed by atoms with Gasteiger partial charge in [0, 0.05) is 56.2 Å². The molecular formula is C35H41N5O7. The number of para-hydroxylation sites is 2. The fourth-order valence-corrected chi connectivity index (χ4v) is 6.53. The molecule has 47 heavy (non-hydrogen) atoms. The summed E-state index contributed by atoms with van der Waals surface area (Å²) in [5.41, 5.74) is 6.59. The number of amides is 2. The second-order valence-electron chi connectivity index (χ2n) is 12.3. The number of imidazole rings is 1. The summed E-state index contributed by atoms with van der Waals surface area (Å²) in [5.74, 6) is -0.749. The van der Waals surface area contributed by atoms with Crippen molar-refractivity contribution in [3.63, 3.8) is 0 Å². The highest BCUT2D eigenvalue weighted by Crippen LogP contribution is 2.39. The summed E-state index contributed by atoms with van der Waals surface area (Å²) >= 11 is 0. The Morgan fingerprint density at radius 1 is 0.894 bits per heavy atom. The molecule has 5 N–H and O–H groups in total. The van der Waals surface area contributed by atoms with Crippen LogP contribution >= 0.6 is 0 Å². The van der Waals surface area contributed by atoms with Gasteiger partial charge in [0.1, 0.15) is 0 Å². The Kier molecular flexibility index (Phi) is 10.4. The van der Waals surface area contributed by atoms with Gasteiger partial charge in [-0.3, -0.25) is 19.4 Å². The van der Waals surface area contributed by atoms with E-state index in [9.17, 15) is 19.5 Å². The van der Waals surface area contributed by atoms with Gasteiger partial charge in [-0.1, -0.05) is 48.5 Å². The maximum Gasteiger partial charge on any atom is 0.326 e. The highest BCUT2D eigenvalue weighted by atomic mass is 16.7. The fraction of sp³-hybridized carbons (Fsp3) is 0.400. The molecule has 2 aliphatic heterocycles. The quantitative estimate of drug-likeness (QED) is 0.119. The van der Waals surface area contributed by atoms with Crippen LogP contribution < -0.4 is 16.5 Å². The van der Waals surface area contributed by atoms with Gasteiger partial charge in [0.05, 0.1) is 29.8 Å². The standard InChI is InChI=1S/C35H41N5O7/c41-22-23-8-10-24(11-9-23)31-20-28(21-39-18-16-27(17-19-39)40-30-5-2-1-4-29(30)37-35(40)44)46-34(47-31)25-12-14-26(15-13-25)36-32(42)6-3-7-33(43)38-45/h1-2,4-5,8-15,27-28,31,34,41,45H,3,6-7,16-22H2,(H,36,42)(H,37,44)(H,38,43)/t28-,31+,34+/m0/s1. The number of carbonyl (C=O) groups is 2. The molecule has 2 saturated heterocycles. The Balaban J connectivity index is 1.11. The van der Waals surface area contributed by atoms with E-state index in [-0.39, 0.29) is 49.3 Å². The number of aliphatic hydroxyl groups excluding tert-OH is 1. The zero-order valence-corrected chi connectivity index (χ0v) is 26.1. The van der Waals surface area contributed by atoms with E-state index in [4.69, 9.17) is 14.7 Å². The van der Waals surface area contributed by atoms with E-state index >= 15 is 0 Å². The number of anilines is 1. The molecule has 4 aromatic rings. The van der Waals surface area contributed by atoms with E-state index in [1.165, 1.54) is 0 Å². The Bertz CT molecular complexity index is 1710. The first-order chi connectivity index (χ1) is 22.9. The van der Waals surface area contributed by atoms with Crippen LogP contribution in [0.2, 0.25) is 0 Å². The van der Waals surface area contributed by atoms with Gasteiger partial charge < -0.3 is 29.8 Å². The van der Waals surface area contributed by atoms with Crippen molar-refractivity contribution in [3.8, 4) is 0 Å². The van der Waals surface area contributed by atoms with Gasteiger partial charge in [-0.25, -0.2) is 10.3 Å². The Hall–Kier alpha value is -4.33. The number of hydrogen-bond donors (Lipinski definition) is 5. The molecule has 12 heteroatoms. The minimum atomic E-state index is -0.625. The van der Waals surface area contributed by atoms with Crippen LogP contribution in [0.25, 0.3) is 11.0 Å². The molecule has 2 fully saturated rings. The molecule has 1 aromatic heterocycles. The van der Waals surface area contributed by atoms with Crippen LogP contribution in [0.4, 0.5) is 5.69 Å². The Morgan fingerprint density at radius 3 is 2.32 bits per heavy atom. The Morgan fingerprint density at radius 2 is 1.60 bits per heavy atom. The topological polar surface area (TPSA) is 158 Å². The van der Waals surface area contributed by atoms with Crippen molar-refractivity contribution in [2.75, 3.05) is 25.0 Å². The minimum Gasteiger partial charge on any atom is -0.392 e. The summed E-state index contributed by atoms with van der Waals surface area (Å²) in [6, 6.07) is 23.1. The summed E-state index contributed by atoms with van der Waals surface area (Å²) in [6.07, 6.45) is 1.97. The molecule has 0 radical (unpaired) electrons. The molecule has 0 aliphatic carbocycles. The predicted octanol–water partition coefficient (Wildman–Crippen LogP) is 4.32. The molecule has 0 spiro atoms. The van der Waals surface area contributed by atoms with Gasteiger partial charge in [-0.15, -0.1) is 0 Å². The average molecular weight is 644 g/mol. The van der Waals surface area contributed by atoms with E-state index in [2.05, 4.69) is 15.2 Å². The van der Waals surface area contributed by atoms with Crippen LogP contribution in [-0.2, 0) is 25.7 Å². The smallest absolute Gasteiger partial charge is 0.326 e. The lowest BCUT2D eigenvalue weighted by Gasteiger charge is -2.40.